The molecule has 1 heterocycles. The van der Waals surface area contributed by atoms with Gasteiger partial charge in [0.05, 0.1) is 18.6 Å². The van der Waals surface area contributed by atoms with E-state index in [4.69, 9.17) is 10.5 Å². The standard InChI is InChI=1S/C14H21N3O3S.HI/c1-20-13-6-4-12(5-7-13)17-14(15)16-9-11-3-2-8-21(18,19)10-11;/h4-7,11H,2-3,8-10H2,1H3,(H3,15,16,17);1H. The van der Waals surface area contributed by atoms with Crippen LogP contribution in [0.15, 0.2) is 29.3 Å². The van der Waals surface area contributed by atoms with Crippen LogP contribution in [0, 0.1) is 5.92 Å². The zero-order chi connectivity index (χ0) is 15.3. The van der Waals surface area contributed by atoms with Crippen LogP contribution >= 0.6 is 24.0 Å². The number of sulfone groups is 1. The summed E-state index contributed by atoms with van der Waals surface area (Å²) in [7, 11) is -1.28. The van der Waals surface area contributed by atoms with Crippen molar-refractivity contribution in [2.75, 3.05) is 30.5 Å². The molecular weight excluding hydrogens is 417 g/mol. The minimum Gasteiger partial charge on any atom is -0.497 e. The van der Waals surface area contributed by atoms with Gasteiger partial charge in [-0.15, -0.1) is 24.0 Å². The molecule has 1 aromatic rings. The predicted molar refractivity (Wildman–Crippen MR) is 99.9 cm³/mol. The number of nitrogens with zero attached hydrogens (tertiary/aromatic N) is 1. The molecule has 0 radical (unpaired) electrons. The molecule has 1 aromatic carbocycles. The topological polar surface area (TPSA) is 93.8 Å². The van der Waals surface area contributed by atoms with Gasteiger partial charge >= 0.3 is 0 Å². The number of ether oxygens (including phenoxy) is 1. The molecule has 1 aliphatic rings. The monoisotopic (exact) mass is 439 g/mol. The van der Waals surface area contributed by atoms with E-state index in [2.05, 4.69) is 10.3 Å². The SMILES string of the molecule is COc1ccc(NC(N)=NCC2CCCS(=O)(=O)C2)cc1.I. The van der Waals surface area contributed by atoms with E-state index in [1.807, 2.05) is 24.3 Å². The Hall–Kier alpha value is -1.03. The van der Waals surface area contributed by atoms with Crippen molar-refractivity contribution >= 4 is 45.5 Å². The van der Waals surface area contributed by atoms with Crippen molar-refractivity contribution in [3.05, 3.63) is 24.3 Å². The van der Waals surface area contributed by atoms with Crippen molar-refractivity contribution in [3.8, 4) is 5.75 Å². The first-order valence-corrected chi connectivity index (χ1v) is 8.72. The minimum atomic E-state index is -2.89. The van der Waals surface area contributed by atoms with Gasteiger partial charge in [-0.1, -0.05) is 0 Å². The van der Waals surface area contributed by atoms with Gasteiger partial charge in [0, 0.05) is 12.2 Å². The summed E-state index contributed by atoms with van der Waals surface area (Å²) < 4.78 is 28.2. The zero-order valence-electron chi connectivity index (χ0n) is 12.5. The molecule has 0 spiro atoms. The Kier molecular flexibility index (Phi) is 7.40. The van der Waals surface area contributed by atoms with Gasteiger partial charge in [-0.2, -0.15) is 0 Å². The van der Waals surface area contributed by atoms with Crippen molar-refractivity contribution in [3.63, 3.8) is 0 Å². The maximum atomic E-state index is 11.5. The third-order valence-corrected chi connectivity index (χ3v) is 5.33. The molecule has 22 heavy (non-hydrogen) atoms. The van der Waals surface area contributed by atoms with Gasteiger partial charge in [-0.25, -0.2) is 8.42 Å². The summed E-state index contributed by atoms with van der Waals surface area (Å²) in [4.78, 5) is 4.24. The average Bonchev–Trinajstić information content (AvgIpc) is 2.45. The lowest BCUT2D eigenvalue weighted by Crippen LogP contribution is -2.29. The highest BCUT2D eigenvalue weighted by Crippen LogP contribution is 2.18. The highest BCUT2D eigenvalue weighted by atomic mass is 127. The first-order chi connectivity index (χ1) is 9.98. The van der Waals surface area contributed by atoms with E-state index in [-0.39, 0.29) is 35.6 Å². The van der Waals surface area contributed by atoms with Crippen LogP contribution < -0.4 is 15.8 Å². The second-order valence-electron chi connectivity index (χ2n) is 5.20. The number of guanidine groups is 1. The Morgan fingerprint density at radius 2 is 2.09 bits per heavy atom. The number of nitrogens with two attached hydrogens (primary N) is 1. The Morgan fingerprint density at radius 1 is 1.41 bits per heavy atom. The Labute approximate surface area is 148 Å². The Bertz CT molecular complexity index is 602. The van der Waals surface area contributed by atoms with Gasteiger partial charge in [0.15, 0.2) is 15.8 Å². The molecule has 0 amide bonds. The number of anilines is 1. The molecule has 0 aliphatic carbocycles. The first-order valence-electron chi connectivity index (χ1n) is 6.90. The number of methoxy groups -OCH3 is 1. The van der Waals surface area contributed by atoms with Crippen LogP contribution in [-0.2, 0) is 9.84 Å². The number of hydrogen-bond donors (Lipinski definition) is 2. The molecule has 1 unspecified atom stereocenters. The van der Waals surface area contributed by atoms with E-state index in [1.54, 1.807) is 7.11 Å². The molecule has 1 fully saturated rings. The highest BCUT2D eigenvalue weighted by Gasteiger charge is 2.24. The maximum absolute atomic E-state index is 11.5. The summed E-state index contributed by atoms with van der Waals surface area (Å²) in [5.74, 6) is 1.64. The predicted octanol–water partition coefficient (Wildman–Crippen LogP) is 1.86. The van der Waals surface area contributed by atoms with Gasteiger partial charge in [-0.05, 0) is 43.0 Å². The van der Waals surface area contributed by atoms with Gasteiger partial charge in [0.2, 0.25) is 0 Å². The van der Waals surface area contributed by atoms with E-state index in [0.717, 1.165) is 17.9 Å². The fraction of sp³-hybridized carbons (Fsp3) is 0.500. The van der Waals surface area contributed by atoms with Crippen LogP contribution in [0.3, 0.4) is 0 Å². The molecule has 6 nitrogen and oxygen atoms in total. The largest absolute Gasteiger partial charge is 0.497 e. The molecule has 1 atom stereocenters. The second kappa shape index (κ2) is 8.56. The summed E-state index contributed by atoms with van der Waals surface area (Å²) in [5.41, 5.74) is 6.63. The quantitative estimate of drug-likeness (QED) is 0.425. The van der Waals surface area contributed by atoms with Crippen molar-refractivity contribution in [2.45, 2.75) is 12.8 Å². The van der Waals surface area contributed by atoms with Crippen molar-refractivity contribution < 1.29 is 13.2 Å². The molecular formula is C14H22IN3O3S. The third-order valence-electron chi connectivity index (χ3n) is 3.44. The number of benzene rings is 1. The van der Waals surface area contributed by atoms with Crippen molar-refractivity contribution in [1.29, 1.82) is 0 Å². The Balaban J connectivity index is 0.00000242. The summed E-state index contributed by atoms with van der Waals surface area (Å²) in [6, 6.07) is 7.32. The number of rotatable bonds is 4. The molecule has 1 saturated heterocycles. The van der Waals surface area contributed by atoms with E-state index < -0.39 is 9.84 Å². The van der Waals surface area contributed by atoms with Gasteiger partial charge in [0.25, 0.3) is 0 Å². The van der Waals surface area contributed by atoms with Crippen LogP contribution in [-0.4, -0.2) is 39.5 Å². The fourth-order valence-electron chi connectivity index (χ4n) is 2.35. The lowest BCUT2D eigenvalue weighted by Gasteiger charge is -2.20. The third kappa shape index (κ3) is 5.99. The van der Waals surface area contributed by atoms with Crippen LogP contribution in [0.1, 0.15) is 12.8 Å². The van der Waals surface area contributed by atoms with Crippen LogP contribution in [0.25, 0.3) is 0 Å². The summed E-state index contributed by atoms with van der Waals surface area (Å²) in [6.07, 6.45) is 1.60. The lowest BCUT2D eigenvalue weighted by molar-refractivity contribution is 0.415. The fourth-order valence-corrected chi connectivity index (χ4v) is 4.11. The molecule has 8 heteroatoms. The van der Waals surface area contributed by atoms with E-state index >= 15 is 0 Å². The van der Waals surface area contributed by atoms with Crippen LogP contribution in [0.5, 0.6) is 5.75 Å². The first kappa shape index (κ1) is 19.0. The maximum Gasteiger partial charge on any atom is 0.193 e. The molecule has 0 aromatic heterocycles. The number of halogens is 1. The highest BCUT2D eigenvalue weighted by molar-refractivity contribution is 14.0. The zero-order valence-corrected chi connectivity index (χ0v) is 15.6. The van der Waals surface area contributed by atoms with E-state index in [9.17, 15) is 8.42 Å². The average molecular weight is 439 g/mol. The van der Waals surface area contributed by atoms with Crippen LogP contribution in [0.4, 0.5) is 5.69 Å². The molecule has 0 bridgehead atoms. The molecule has 1 aliphatic heterocycles. The van der Waals surface area contributed by atoms with E-state index in [0.29, 0.717) is 24.7 Å². The normalized spacial score (nSPS) is 20.8. The smallest absolute Gasteiger partial charge is 0.193 e. The molecule has 124 valence electrons. The summed E-state index contributed by atoms with van der Waals surface area (Å²) >= 11 is 0. The number of nitrogens with one attached hydrogen (secondary N) is 1. The van der Waals surface area contributed by atoms with Gasteiger partial charge < -0.3 is 15.8 Å². The molecule has 0 saturated carbocycles. The second-order valence-corrected chi connectivity index (χ2v) is 7.43. The Morgan fingerprint density at radius 3 is 2.68 bits per heavy atom. The summed E-state index contributed by atoms with van der Waals surface area (Å²) in [5, 5.41) is 2.98. The molecule has 3 N–H and O–H groups in total. The van der Waals surface area contributed by atoms with Crippen LogP contribution in [0.2, 0.25) is 0 Å². The number of aliphatic imine (C=N–C) groups is 1. The minimum absolute atomic E-state index is 0. The van der Waals surface area contributed by atoms with Gasteiger partial charge in [0.1, 0.15) is 5.75 Å². The lowest BCUT2D eigenvalue weighted by atomic mass is 10.1. The van der Waals surface area contributed by atoms with Crippen molar-refractivity contribution in [2.24, 2.45) is 16.6 Å². The van der Waals surface area contributed by atoms with E-state index in [1.165, 1.54) is 0 Å². The van der Waals surface area contributed by atoms with Gasteiger partial charge in [-0.3, -0.25) is 4.99 Å². The summed E-state index contributed by atoms with van der Waals surface area (Å²) in [6.45, 7) is 0.439. The number of hydrogen-bond acceptors (Lipinski definition) is 4. The van der Waals surface area contributed by atoms with Crippen molar-refractivity contribution in [1.82, 2.24) is 0 Å². The molecule has 2 rings (SSSR count).